The number of hydrogen-bond acceptors (Lipinski definition) is 5. The fourth-order valence-corrected chi connectivity index (χ4v) is 2.83. The van der Waals surface area contributed by atoms with Crippen LogP contribution in [0.4, 0.5) is 5.95 Å². The van der Waals surface area contributed by atoms with E-state index in [0.29, 0.717) is 0 Å². The first kappa shape index (κ1) is 14.0. The molecule has 21 heavy (non-hydrogen) atoms. The van der Waals surface area contributed by atoms with Gasteiger partial charge in [-0.3, -0.25) is 0 Å². The van der Waals surface area contributed by atoms with E-state index in [1.165, 1.54) is 0 Å². The molecule has 0 aliphatic heterocycles. The number of aromatic amines is 1. The molecule has 0 amide bonds. The van der Waals surface area contributed by atoms with Gasteiger partial charge in [0.1, 0.15) is 5.01 Å². The highest BCUT2D eigenvalue weighted by Crippen LogP contribution is 2.25. The minimum atomic E-state index is 0.833. The normalized spacial score (nSPS) is 11.4. The van der Waals surface area contributed by atoms with Crippen molar-refractivity contribution in [1.82, 2.24) is 19.9 Å². The van der Waals surface area contributed by atoms with E-state index in [9.17, 15) is 0 Å². The van der Waals surface area contributed by atoms with Crippen LogP contribution in [0, 0.1) is 0 Å². The summed E-state index contributed by atoms with van der Waals surface area (Å²) in [4.78, 5) is 14.4. The number of H-pyrrole nitrogens is 1. The Labute approximate surface area is 128 Å². The van der Waals surface area contributed by atoms with E-state index in [4.69, 9.17) is 0 Å². The second-order valence-corrected chi connectivity index (χ2v) is 6.13. The van der Waals surface area contributed by atoms with E-state index in [0.717, 1.165) is 47.1 Å². The highest BCUT2D eigenvalue weighted by Gasteiger charge is 2.06. The van der Waals surface area contributed by atoms with Gasteiger partial charge >= 0.3 is 0 Å². The Balaban J connectivity index is 1.71. The second-order valence-electron chi connectivity index (χ2n) is 5.24. The maximum atomic E-state index is 4.55. The van der Waals surface area contributed by atoms with Gasteiger partial charge in [-0.05, 0) is 45.3 Å². The fraction of sp³-hybridized carbons (Fsp3) is 0.333. The predicted molar refractivity (Wildman–Crippen MR) is 88.9 cm³/mol. The number of nitrogens with one attached hydrogen (secondary N) is 2. The summed E-state index contributed by atoms with van der Waals surface area (Å²) in [5, 5.41) is 6.36. The van der Waals surface area contributed by atoms with Gasteiger partial charge in [0.25, 0.3) is 0 Å². The van der Waals surface area contributed by atoms with E-state index >= 15 is 0 Å². The summed E-state index contributed by atoms with van der Waals surface area (Å²) < 4.78 is 0. The molecule has 0 unspecified atom stereocenters. The van der Waals surface area contributed by atoms with Crippen molar-refractivity contribution < 1.29 is 0 Å². The van der Waals surface area contributed by atoms with Crippen LogP contribution < -0.4 is 5.32 Å². The predicted octanol–water partition coefficient (Wildman–Crippen LogP) is 3.05. The standard InChI is InChI=1S/C15H19N5S/c1-20(2)8-3-6-17-15-18-12-5-4-11(10-13(12)19-15)14-16-7-9-21-14/h4-5,7,9-10H,3,6,8H2,1-2H3,(H2,17,18,19). The average Bonchev–Trinajstić information content (AvgIpc) is 3.11. The average molecular weight is 301 g/mol. The zero-order chi connectivity index (χ0) is 14.7. The quantitative estimate of drug-likeness (QED) is 0.687. The molecule has 1 aromatic carbocycles. The number of aromatic nitrogens is 3. The van der Waals surface area contributed by atoms with Crippen LogP contribution in [0.1, 0.15) is 6.42 Å². The Morgan fingerprint density at radius 3 is 3.00 bits per heavy atom. The molecule has 0 aliphatic rings. The van der Waals surface area contributed by atoms with Gasteiger partial charge in [0, 0.05) is 23.7 Å². The third-order valence-electron chi connectivity index (χ3n) is 3.24. The van der Waals surface area contributed by atoms with E-state index in [2.05, 4.69) is 51.4 Å². The summed E-state index contributed by atoms with van der Waals surface area (Å²) in [6, 6.07) is 6.21. The Hall–Kier alpha value is -1.92. The molecule has 0 fully saturated rings. The number of hydrogen-bond donors (Lipinski definition) is 2. The number of rotatable bonds is 6. The third-order valence-corrected chi connectivity index (χ3v) is 4.06. The van der Waals surface area contributed by atoms with Crippen molar-refractivity contribution in [3.8, 4) is 10.6 Å². The first-order valence-corrected chi connectivity index (χ1v) is 7.88. The second kappa shape index (κ2) is 6.24. The fourth-order valence-electron chi connectivity index (χ4n) is 2.19. The van der Waals surface area contributed by atoms with Crippen molar-refractivity contribution in [2.45, 2.75) is 6.42 Å². The summed E-state index contributed by atoms with van der Waals surface area (Å²) in [6.07, 6.45) is 2.92. The lowest BCUT2D eigenvalue weighted by Gasteiger charge is -2.08. The van der Waals surface area contributed by atoms with Gasteiger partial charge in [-0.2, -0.15) is 0 Å². The zero-order valence-corrected chi connectivity index (χ0v) is 13.1. The molecule has 0 saturated carbocycles. The van der Waals surface area contributed by atoms with Crippen LogP contribution >= 0.6 is 11.3 Å². The maximum absolute atomic E-state index is 4.55. The minimum absolute atomic E-state index is 0.833. The van der Waals surface area contributed by atoms with Crippen LogP contribution in [0.15, 0.2) is 29.8 Å². The number of benzene rings is 1. The SMILES string of the molecule is CN(C)CCCNc1nc2ccc(-c3nccs3)cc2[nH]1. The summed E-state index contributed by atoms with van der Waals surface area (Å²) >= 11 is 1.65. The Bertz CT molecular complexity index is 702. The monoisotopic (exact) mass is 301 g/mol. The van der Waals surface area contributed by atoms with Crippen molar-refractivity contribution in [2.75, 3.05) is 32.5 Å². The molecule has 0 aliphatic carbocycles. The molecule has 0 saturated heterocycles. The number of imidazole rings is 1. The molecule has 3 rings (SSSR count). The van der Waals surface area contributed by atoms with Crippen LogP contribution in [0.25, 0.3) is 21.6 Å². The molecule has 0 spiro atoms. The van der Waals surface area contributed by atoms with E-state index in [1.807, 2.05) is 17.6 Å². The molecule has 5 nitrogen and oxygen atoms in total. The van der Waals surface area contributed by atoms with Crippen molar-refractivity contribution in [2.24, 2.45) is 0 Å². The largest absolute Gasteiger partial charge is 0.356 e. The molecule has 2 N–H and O–H groups in total. The zero-order valence-electron chi connectivity index (χ0n) is 12.3. The van der Waals surface area contributed by atoms with E-state index in [1.54, 1.807) is 11.3 Å². The van der Waals surface area contributed by atoms with Crippen LogP contribution in [-0.2, 0) is 0 Å². The Kier molecular flexibility index (Phi) is 4.17. The van der Waals surface area contributed by atoms with Crippen LogP contribution in [0.3, 0.4) is 0 Å². The number of anilines is 1. The topological polar surface area (TPSA) is 56.8 Å². The highest BCUT2D eigenvalue weighted by atomic mass is 32.1. The van der Waals surface area contributed by atoms with Gasteiger partial charge in [0.05, 0.1) is 11.0 Å². The van der Waals surface area contributed by atoms with Crippen molar-refractivity contribution in [3.63, 3.8) is 0 Å². The first-order valence-electron chi connectivity index (χ1n) is 7.00. The Morgan fingerprint density at radius 1 is 1.33 bits per heavy atom. The minimum Gasteiger partial charge on any atom is -0.356 e. The van der Waals surface area contributed by atoms with Gasteiger partial charge in [-0.15, -0.1) is 11.3 Å². The Morgan fingerprint density at radius 2 is 2.24 bits per heavy atom. The maximum Gasteiger partial charge on any atom is 0.201 e. The van der Waals surface area contributed by atoms with Gasteiger partial charge in [-0.1, -0.05) is 0 Å². The lowest BCUT2D eigenvalue weighted by atomic mass is 10.2. The highest BCUT2D eigenvalue weighted by molar-refractivity contribution is 7.13. The van der Waals surface area contributed by atoms with E-state index in [-0.39, 0.29) is 0 Å². The summed E-state index contributed by atoms with van der Waals surface area (Å²) in [7, 11) is 4.17. The van der Waals surface area contributed by atoms with Crippen LogP contribution in [0.5, 0.6) is 0 Å². The van der Waals surface area contributed by atoms with Crippen LogP contribution in [0.2, 0.25) is 0 Å². The molecule has 0 bridgehead atoms. The molecule has 3 aromatic rings. The molecule has 0 radical (unpaired) electrons. The number of nitrogens with zero attached hydrogens (tertiary/aromatic N) is 3. The van der Waals surface area contributed by atoms with Crippen molar-refractivity contribution in [3.05, 3.63) is 29.8 Å². The lowest BCUT2D eigenvalue weighted by Crippen LogP contribution is -2.16. The number of fused-ring (bicyclic) bond motifs is 1. The van der Waals surface area contributed by atoms with Crippen LogP contribution in [-0.4, -0.2) is 47.0 Å². The molecule has 6 heteroatoms. The van der Waals surface area contributed by atoms with Crippen molar-refractivity contribution >= 4 is 28.3 Å². The van der Waals surface area contributed by atoms with Gasteiger partial charge in [0.15, 0.2) is 0 Å². The molecule has 110 valence electrons. The third kappa shape index (κ3) is 3.40. The number of thiazole rings is 1. The smallest absolute Gasteiger partial charge is 0.201 e. The van der Waals surface area contributed by atoms with Gasteiger partial charge < -0.3 is 15.2 Å². The molecule has 0 atom stereocenters. The van der Waals surface area contributed by atoms with Gasteiger partial charge in [0.2, 0.25) is 5.95 Å². The molecule has 2 aromatic heterocycles. The summed E-state index contributed by atoms with van der Waals surface area (Å²) in [6.45, 7) is 1.98. The first-order chi connectivity index (χ1) is 10.2. The van der Waals surface area contributed by atoms with Gasteiger partial charge in [-0.25, -0.2) is 9.97 Å². The lowest BCUT2D eigenvalue weighted by molar-refractivity contribution is 0.405. The molecular formula is C15H19N5S. The van der Waals surface area contributed by atoms with Crippen molar-refractivity contribution in [1.29, 1.82) is 0 Å². The summed E-state index contributed by atoms with van der Waals surface area (Å²) in [5.41, 5.74) is 3.14. The molecular weight excluding hydrogens is 282 g/mol. The summed E-state index contributed by atoms with van der Waals surface area (Å²) in [5.74, 6) is 0.833. The molecule has 2 heterocycles. The van der Waals surface area contributed by atoms with E-state index < -0.39 is 0 Å².